The fraction of sp³-hybridized carbons (Fsp3) is 0.375. The average molecular weight is 363 g/mol. The summed E-state index contributed by atoms with van der Waals surface area (Å²) in [7, 11) is 0. The lowest BCUT2D eigenvalue weighted by atomic mass is 9.96. The molecule has 10 nitrogen and oxygen atoms in total. The van der Waals surface area contributed by atoms with E-state index in [-0.39, 0.29) is 24.7 Å². The molecule has 0 aliphatic carbocycles. The van der Waals surface area contributed by atoms with Crippen molar-refractivity contribution in [1.82, 2.24) is 0 Å². The van der Waals surface area contributed by atoms with Gasteiger partial charge in [-0.25, -0.2) is 0 Å². The lowest BCUT2D eigenvalue weighted by molar-refractivity contribution is -0.385. The van der Waals surface area contributed by atoms with Crippen molar-refractivity contribution >= 4 is 29.0 Å². The van der Waals surface area contributed by atoms with Gasteiger partial charge in [0.1, 0.15) is 5.75 Å². The molecular formula is C16H17N3O7. The van der Waals surface area contributed by atoms with Crippen molar-refractivity contribution in [3.63, 3.8) is 0 Å². The third kappa shape index (κ3) is 4.76. The number of rotatable bonds is 8. The highest BCUT2D eigenvalue weighted by Crippen LogP contribution is 2.34. The van der Waals surface area contributed by atoms with Gasteiger partial charge in [-0.1, -0.05) is 0 Å². The molecule has 0 aliphatic heterocycles. The van der Waals surface area contributed by atoms with Gasteiger partial charge in [-0.05, 0) is 19.9 Å². The number of esters is 1. The summed E-state index contributed by atoms with van der Waals surface area (Å²) in [6, 6.07) is 3.46. The summed E-state index contributed by atoms with van der Waals surface area (Å²) in [5.74, 6) is -4.59. The molecule has 1 atom stereocenters. The summed E-state index contributed by atoms with van der Waals surface area (Å²) in [5, 5.41) is 22.8. The van der Waals surface area contributed by atoms with Crippen LogP contribution in [0.3, 0.4) is 0 Å². The molecule has 0 bridgehead atoms. The molecule has 26 heavy (non-hydrogen) atoms. The van der Waals surface area contributed by atoms with Gasteiger partial charge in [0.05, 0.1) is 41.5 Å². The Balaban J connectivity index is 3.54. The summed E-state index contributed by atoms with van der Waals surface area (Å²) in [4.78, 5) is 46.2. The number of amides is 1. The zero-order chi connectivity index (χ0) is 19.9. The zero-order valence-corrected chi connectivity index (χ0v) is 14.4. The smallest absolute Gasteiger partial charge is 0.331 e. The Labute approximate surface area is 148 Å². The second kappa shape index (κ2) is 9.12. The van der Waals surface area contributed by atoms with Crippen molar-refractivity contribution in [2.24, 2.45) is 5.92 Å². The van der Waals surface area contributed by atoms with Gasteiger partial charge in [0, 0.05) is 6.92 Å². The fourth-order valence-corrected chi connectivity index (χ4v) is 2.08. The zero-order valence-electron chi connectivity index (χ0n) is 14.4. The molecule has 1 unspecified atom stereocenters. The molecule has 1 N–H and O–H groups in total. The number of nitrogens with one attached hydrogen (secondary N) is 1. The van der Waals surface area contributed by atoms with E-state index in [0.717, 1.165) is 12.1 Å². The minimum atomic E-state index is -1.86. The van der Waals surface area contributed by atoms with E-state index in [1.54, 1.807) is 6.92 Å². The first-order valence-corrected chi connectivity index (χ1v) is 7.60. The summed E-state index contributed by atoms with van der Waals surface area (Å²) in [6.07, 6.45) is 0. The lowest BCUT2D eigenvalue weighted by Crippen LogP contribution is -2.26. The number of nitrogens with zero attached hydrogens (tertiary/aromatic N) is 2. The standard InChI is InChI=1S/C16H17N3O7/c1-4-25-14-7-13(19(23)24)10(6-12(14)18-9(3)20)15(21)11(8-17)16(22)26-5-2/h6-7,11H,4-5H2,1-3H3,(H,18,20). The number of carbonyl (C=O) groups excluding carboxylic acids is 3. The highest BCUT2D eigenvalue weighted by molar-refractivity contribution is 6.13. The van der Waals surface area contributed by atoms with E-state index in [4.69, 9.17) is 10.00 Å². The second-order valence-corrected chi connectivity index (χ2v) is 4.92. The molecule has 0 heterocycles. The van der Waals surface area contributed by atoms with Gasteiger partial charge in [0.15, 0.2) is 5.78 Å². The average Bonchev–Trinajstić information content (AvgIpc) is 2.56. The summed E-state index contributed by atoms with van der Waals surface area (Å²) < 4.78 is 9.90. The third-order valence-corrected chi connectivity index (χ3v) is 3.08. The monoisotopic (exact) mass is 363 g/mol. The Morgan fingerprint density at radius 3 is 2.42 bits per heavy atom. The van der Waals surface area contributed by atoms with Gasteiger partial charge in [-0.2, -0.15) is 5.26 Å². The normalized spacial score (nSPS) is 11.0. The van der Waals surface area contributed by atoms with Crippen LogP contribution in [-0.4, -0.2) is 35.8 Å². The lowest BCUT2D eigenvalue weighted by Gasteiger charge is -2.14. The highest BCUT2D eigenvalue weighted by Gasteiger charge is 2.34. The first kappa shape index (κ1) is 20.6. The van der Waals surface area contributed by atoms with Gasteiger partial charge < -0.3 is 14.8 Å². The van der Waals surface area contributed by atoms with Crippen LogP contribution in [0.4, 0.5) is 11.4 Å². The van der Waals surface area contributed by atoms with Gasteiger partial charge in [0.2, 0.25) is 11.8 Å². The molecule has 138 valence electrons. The first-order chi connectivity index (χ1) is 12.3. The fourth-order valence-electron chi connectivity index (χ4n) is 2.08. The number of nitro groups is 1. The van der Waals surface area contributed by atoms with Crippen LogP contribution < -0.4 is 10.1 Å². The number of ketones is 1. The van der Waals surface area contributed by atoms with Crippen LogP contribution in [0, 0.1) is 27.4 Å². The summed E-state index contributed by atoms with van der Waals surface area (Å²) in [5.41, 5.74) is -1.16. The number of anilines is 1. The van der Waals surface area contributed by atoms with Gasteiger partial charge in [-0.15, -0.1) is 0 Å². The van der Waals surface area contributed by atoms with E-state index in [2.05, 4.69) is 10.1 Å². The molecule has 0 aliphatic rings. The Hall–Kier alpha value is -3.48. The molecular weight excluding hydrogens is 346 g/mol. The Kier molecular flexibility index (Phi) is 7.21. The number of Topliss-reactive ketones (excluding diaryl/α,β-unsaturated/α-hetero) is 1. The number of ether oxygens (including phenoxy) is 2. The third-order valence-electron chi connectivity index (χ3n) is 3.08. The van der Waals surface area contributed by atoms with Gasteiger partial charge in [0.25, 0.3) is 5.69 Å². The molecule has 0 fully saturated rings. The van der Waals surface area contributed by atoms with E-state index in [9.17, 15) is 24.5 Å². The second-order valence-electron chi connectivity index (χ2n) is 4.92. The number of benzene rings is 1. The minimum absolute atomic E-state index is 0.00819. The van der Waals surface area contributed by atoms with E-state index in [1.165, 1.54) is 19.9 Å². The topological polar surface area (TPSA) is 149 Å². The Bertz CT molecular complexity index is 783. The maximum atomic E-state index is 12.5. The van der Waals surface area contributed by atoms with E-state index >= 15 is 0 Å². The summed E-state index contributed by atoms with van der Waals surface area (Å²) >= 11 is 0. The molecule has 0 saturated heterocycles. The highest BCUT2D eigenvalue weighted by atomic mass is 16.6. The molecule has 0 aromatic heterocycles. The molecule has 0 radical (unpaired) electrons. The summed E-state index contributed by atoms with van der Waals surface area (Å²) in [6.45, 7) is 4.42. The molecule has 1 aromatic carbocycles. The number of hydrogen-bond acceptors (Lipinski definition) is 8. The van der Waals surface area contributed by atoms with Crippen molar-refractivity contribution in [3.05, 3.63) is 27.8 Å². The molecule has 0 saturated carbocycles. The van der Waals surface area contributed by atoms with Crippen LogP contribution in [0.2, 0.25) is 0 Å². The molecule has 1 aromatic rings. The van der Waals surface area contributed by atoms with Crippen molar-refractivity contribution in [2.75, 3.05) is 18.5 Å². The Morgan fingerprint density at radius 1 is 1.31 bits per heavy atom. The van der Waals surface area contributed by atoms with Crippen LogP contribution in [0.1, 0.15) is 31.1 Å². The van der Waals surface area contributed by atoms with E-state index in [0.29, 0.717) is 0 Å². The van der Waals surface area contributed by atoms with Crippen LogP contribution in [0.25, 0.3) is 0 Å². The Morgan fingerprint density at radius 2 is 1.96 bits per heavy atom. The molecule has 1 amide bonds. The van der Waals surface area contributed by atoms with Crippen molar-refractivity contribution in [2.45, 2.75) is 20.8 Å². The van der Waals surface area contributed by atoms with Crippen LogP contribution in [0.15, 0.2) is 12.1 Å². The molecule has 1 rings (SSSR count). The van der Waals surface area contributed by atoms with Crippen molar-refractivity contribution in [1.29, 1.82) is 5.26 Å². The molecule has 0 spiro atoms. The van der Waals surface area contributed by atoms with Gasteiger partial charge in [-0.3, -0.25) is 24.5 Å². The predicted molar refractivity (Wildman–Crippen MR) is 88.6 cm³/mol. The largest absolute Gasteiger partial charge is 0.491 e. The van der Waals surface area contributed by atoms with Gasteiger partial charge >= 0.3 is 5.97 Å². The number of carbonyl (C=O) groups is 3. The number of nitro benzene ring substituents is 1. The quantitative estimate of drug-likeness (QED) is 0.242. The van der Waals surface area contributed by atoms with Crippen molar-refractivity contribution in [3.8, 4) is 11.8 Å². The maximum Gasteiger partial charge on any atom is 0.331 e. The SMILES string of the molecule is CCOC(=O)C(C#N)C(=O)c1cc(NC(C)=O)c(OCC)cc1[N+](=O)[O-]. The first-order valence-electron chi connectivity index (χ1n) is 7.60. The number of nitriles is 1. The maximum absolute atomic E-state index is 12.5. The predicted octanol–water partition coefficient (Wildman–Crippen LogP) is 1.84. The van der Waals surface area contributed by atoms with Crippen molar-refractivity contribution < 1.29 is 28.8 Å². The van der Waals surface area contributed by atoms with Crippen LogP contribution in [0.5, 0.6) is 5.75 Å². The van der Waals surface area contributed by atoms with E-state index < -0.39 is 39.8 Å². The van der Waals surface area contributed by atoms with Crippen LogP contribution >= 0.6 is 0 Å². The number of hydrogen-bond donors (Lipinski definition) is 1. The minimum Gasteiger partial charge on any atom is -0.491 e. The van der Waals surface area contributed by atoms with E-state index in [1.807, 2.05) is 0 Å². The molecule has 10 heteroatoms. The van der Waals surface area contributed by atoms with Crippen LogP contribution in [-0.2, 0) is 14.3 Å².